The van der Waals surface area contributed by atoms with Gasteiger partial charge in [0, 0.05) is 25.9 Å². The third-order valence-corrected chi connectivity index (χ3v) is 5.53. The van der Waals surface area contributed by atoms with Gasteiger partial charge in [0.05, 0.1) is 15.5 Å². The molecule has 6 nitrogen and oxygen atoms in total. The molecule has 0 aliphatic rings. The van der Waals surface area contributed by atoms with Gasteiger partial charge in [-0.25, -0.2) is 8.42 Å². The summed E-state index contributed by atoms with van der Waals surface area (Å²) in [6, 6.07) is 11.1. The van der Waals surface area contributed by atoms with Gasteiger partial charge in [-0.3, -0.25) is 9.52 Å². The molecule has 0 unspecified atom stereocenters. The minimum Gasteiger partial charge on any atom is -0.385 e. The highest BCUT2D eigenvalue weighted by Gasteiger charge is 2.19. The molecule has 1 amide bonds. The van der Waals surface area contributed by atoms with E-state index >= 15 is 0 Å². The molecule has 0 radical (unpaired) electrons. The van der Waals surface area contributed by atoms with Gasteiger partial charge in [-0.2, -0.15) is 0 Å². The highest BCUT2D eigenvalue weighted by molar-refractivity contribution is 7.92. The molecule has 0 bridgehead atoms. The predicted octanol–water partition coefficient (Wildman–Crippen LogP) is 3.61. The lowest BCUT2D eigenvalue weighted by molar-refractivity contribution is 0.0951. The van der Waals surface area contributed by atoms with Crippen LogP contribution in [-0.2, 0) is 14.8 Å². The van der Waals surface area contributed by atoms with Crippen LogP contribution in [0.25, 0.3) is 0 Å². The molecule has 0 fully saturated rings. The molecule has 0 aliphatic heterocycles. The van der Waals surface area contributed by atoms with Crippen LogP contribution in [0.5, 0.6) is 0 Å². The summed E-state index contributed by atoms with van der Waals surface area (Å²) in [6.45, 7) is 2.95. The average molecular weight is 411 g/mol. The van der Waals surface area contributed by atoms with Crippen molar-refractivity contribution in [3.63, 3.8) is 0 Å². The van der Waals surface area contributed by atoms with Crippen molar-refractivity contribution in [1.29, 1.82) is 0 Å². The molecule has 0 saturated heterocycles. The van der Waals surface area contributed by atoms with Crippen LogP contribution in [0.4, 0.5) is 5.69 Å². The molecule has 0 atom stereocenters. The van der Waals surface area contributed by atoms with Crippen molar-refractivity contribution in [3.05, 3.63) is 58.6 Å². The van der Waals surface area contributed by atoms with Crippen molar-refractivity contribution >= 4 is 33.2 Å². The number of amides is 1. The molecular formula is C19H23ClN2O4S. The number of nitrogens with one attached hydrogen (secondary N) is 2. The van der Waals surface area contributed by atoms with E-state index in [1.165, 1.54) is 18.2 Å². The highest BCUT2D eigenvalue weighted by atomic mass is 35.5. The van der Waals surface area contributed by atoms with Crippen molar-refractivity contribution < 1.29 is 17.9 Å². The van der Waals surface area contributed by atoms with E-state index in [9.17, 15) is 13.2 Å². The number of aryl methyl sites for hydroxylation is 1. The van der Waals surface area contributed by atoms with Crippen LogP contribution in [0.2, 0.25) is 5.02 Å². The van der Waals surface area contributed by atoms with Gasteiger partial charge in [-0.1, -0.05) is 23.7 Å². The molecule has 0 saturated carbocycles. The molecule has 0 aromatic heterocycles. The van der Waals surface area contributed by atoms with Crippen molar-refractivity contribution in [1.82, 2.24) is 5.32 Å². The fraction of sp³-hybridized carbons (Fsp3) is 0.316. The molecular weight excluding hydrogens is 388 g/mol. The predicted molar refractivity (Wildman–Crippen MR) is 107 cm³/mol. The van der Waals surface area contributed by atoms with Crippen LogP contribution < -0.4 is 10.0 Å². The molecule has 2 aromatic carbocycles. The van der Waals surface area contributed by atoms with Gasteiger partial charge in [-0.15, -0.1) is 0 Å². The molecule has 0 heterocycles. The van der Waals surface area contributed by atoms with Gasteiger partial charge in [0.15, 0.2) is 0 Å². The molecule has 146 valence electrons. The second kappa shape index (κ2) is 9.73. The van der Waals surface area contributed by atoms with E-state index in [4.69, 9.17) is 16.3 Å². The van der Waals surface area contributed by atoms with Crippen LogP contribution in [-0.4, -0.2) is 34.6 Å². The summed E-state index contributed by atoms with van der Waals surface area (Å²) >= 11 is 6.09. The summed E-state index contributed by atoms with van der Waals surface area (Å²) in [5.41, 5.74) is 1.50. The molecule has 0 aliphatic carbocycles. The van der Waals surface area contributed by atoms with Crippen molar-refractivity contribution in [3.8, 4) is 0 Å². The summed E-state index contributed by atoms with van der Waals surface area (Å²) in [7, 11) is -2.22. The maximum Gasteiger partial charge on any atom is 0.261 e. The normalized spacial score (nSPS) is 11.2. The van der Waals surface area contributed by atoms with E-state index in [2.05, 4.69) is 10.0 Å². The molecule has 2 N–H and O–H groups in total. The first-order valence-electron chi connectivity index (χ1n) is 8.49. The van der Waals surface area contributed by atoms with Gasteiger partial charge in [0.1, 0.15) is 0 Å². The van der Waals surface area contributed by atoms with Crippen molar-refractivity contribution in [2.24, 2.45) is 0 Å². The summed E-state index contributed by atoms with van der Waals surface area (Å²) < 4.78 is 32.7. The monoisotopic (exact) mass is 410 g/mol. The first-order valence-corrected chi connectivity index (χ1v) is 10.4. The first kappa shape index (κ1) is 21.2. The summed E-state index contributed by atoms with van der Waals surface area (Å²) in [4.78, 5) is 12.3. The zero-order valence-electron chi connectivity index (χ0n) is 15.3. The Morgan fingerprint density at radius 2 is 1.93 bits per heavy atom. The van der Waals surface area contributed by atoms with E-state index in [0.717, 1.165) is 18.4 Å². The standard InChI is InChI=1S/C19H23ClN2O4S/c1-14-6-5-7-15(12-14)22-27(24,25)16-8-9-18(20)17(13-16)19(23)21-10-3-4-11-26-2/h5-9,12-13,22H,3-4,10-11H2,1-2H3,(H,21,23). The van der Waals surface area contributed by atoms with Crippen molar-refractivity contribution in [2.45, 2.75) is 24.7 Å². The quantitative estimate of drug-likeness (QED) is 0.618. The van der Waals surface area contributed by atoms with Gasteiger partial charge < -0.3 is 10.1 Å². The van der Waals surface area contributed by atoms with E-state index < -0.39 is 15.9 Å². The second-order valence-electron chi connectivity index (χ2n) is 6.07. The third-order valence-electron chi connectivity index (χ3n) is 3.82. The Kier molecular flexibility index (Phi) is 7.65. The van der Waals surface area contributed by atoms with Gasteiger partial charge in [0.2, 0.25) is 0 Å². The minimum absolute atomic E-state index is 0.0297. The van der Waals surface area contributed by atoms with Crippen LogP contribution in [0.15, 0.2) is 47.4 Å². The maximum atomic E-state index is 12.6. The number of benzene rings is 2. The SMILES string of the molecule is COCCCCNC(=O)c1cc(S(=O)(=O)Nc2cccc(C)c2)ccc1Cl. The fourth-order valence-corrected chi connectivity index (χ4v) is 3.72. The number of hydrogen-bond acceptors (Lipinski definition) is 4. The minimum atomic E-state index is -3.84. The number of unbranched alkanes of at least 4 members (excludes halogenated alkanes) is 1. The first-order chi connectivity index (χ1) is 12.8. The second-order valence-corrected chi connectivity index (χ2v) is 8.16. The summed E-state index contributed by atoms with van der Waals surface area (Å²) in [6.07, 6.45) is 1.57. The number of sulfonamides is 1. The number of hydrogen-bond donors (Lipinski definition) is 2. The Labute approximate surface area is 164 Å². The van der Waals surface area contributed by atoms with Gasteiger partial charge >= 0.3 is 0 Å². The lowest BCUT2D eigenvalue weighted by Gasteiger charge is -2.11. The lowest BCUT2D eigenvalue weighted by Crippen LogP contribution is -2.25. The van der Waals surface area contributed by atoms with Crippen LogP contribution in [0.1, 0.15) is 28.8 Å². The topological polar surface area (TPSA) is 84.5 Å². The van der Waals surface area contributed by atoms with Crippen LogP contribution >= 0.6 is 11.6 Å². The number of rotatable bonds is 9. The van der Waals surface area contributed by atoms with E-state index in [-0.39, 0.29) is 15.5 Å². The van der Waals surface area contributed by atoms with Gasteiger partial charge in [0.25, 0.3) is 15.9 Å². The zero-order chi connectivity index (χ0) is 19.9. The molecule has 2 aromatic rings. The van der Waals surface area contributed by atoms with E-state index in [1.807, 2.05) is 13.0 Å². The number of carbonyl (C=O) groups excluding carboxylic acids is 1. The molecule has 8 heteroatoms. The van der Waals surface area contributed by atoms with Crippen molar-refractivity contribution in [2.75, 3.05) is 25.0 Å². The number of ether oxygens (including phenoxy) is 1. The highest BCUT2D eigenvalue weighted by Crippen LogP contribution is 2.23. The third kappa shape index (κ3) is 6.23. The smallest absolute Gasteiger partial charge is 0.261 e. The van der Waals surface area contributed by atoms with E-state index in [1.54, 1.807) is 25.3 Å². The number of methoxy groups -OCH3 is 1. The fourth-order valence-electron chi connectivity index (χ4n) is 2.44. The Morgan fingerprint density at radius 1 is 1.15 bits per heavy atom. The van der Waals surface area contributed by atoms with Gasteiger partial charge in [-0.05, 0) is 55.7 Å². The Balaban J connectivity index is 2.14. The van der Waals surface area contributed by atoms with Crippen LogP contribution in [0, 0.1) is 6.92 Å². The largest absolute Gasteiger partial charge is 0.385 e. The Morgan fingerprint density at radius 3 is 2.63 bits per heavy atom. The van der Waals surface area contributed by atoms with Crippen LogP contribution in [0.3, 0.4) is 0 Å². The Hall–Kier alpha value is -2.09. The molecule has 2 rings (SSSR count). The zero-order valence-corrected chi connectivity index (χ0v) is 16.9. The maximum absolute atomic E-state index is 12.6. The molecule has 27 heavy (non-hydrogen) atoms. The molecule has 0 spiro atoms. The van der Waals surface area contributed by atoms with E-state index in [0.29, 0.717) is 18.8 Å². The number of anilines is 1. The lowest BCUT2D eigenvalue weighted by atomic mass is 10.2. The number of carbonyl (C=O) groups is 1. The summed E-state index contributed by atoms with van der Waals surface area (Å²) in [5.74, 6) is -0.412. The average Bonchev–Trinajstić information content (AvgIpc) is 2.61. The Bertz CT molecular complexity index is 900. The number of halogens is 1. The summed E-state index contributed by atoms with van der Waals surface area (Å²) in [5, 5.41) is 2.93.